The number of rotatable bonds is 9. The van der Waals surface area contributed by atoms with Gasteiger partial charge in [-0.3, -0.25) is 10.2 Å². The van der Waals surface area contributed by atoms with Crippen molar-refractivity contribution in [1.29, 1.82) is 0 Å². The second kappa shape index (κ2) is 9.85. The Bertz CT molecular complexity index is 480. The van der Waals surface area contributed by atoms with Crippen molar-refractivity contribution in [2.45, 2.75) is 51.5 Å². The van der Waals surface area contributed by atoms with Gasteiger partial charge in [0.1, 0.15) is 0 Å². The molecular formula is C16H28N4O2S. The monoisotopic (exact) mass is 340 g/mol. The van der Waals surface area contributed by atoms with Gasteiger partial charge in [0.05, 0.1) is 6.61 Å². The van der Waals surface area contributed by atoms with Crippen molar-refractivity contribution in [3.8, 4) is 0 Å². The number of carbonyl (C=O) groups is 1. The molecule has 0 saturated carbocycles. The Hall–Kier alpha value is -1.18. The number of unbranched alkanes of at least 4 members (excludes halogenated alkanes) is 1. The molecule has 2 heterocycles. The van der Waals surface area contributed by atoms with Crippen LogP contribution in [0.4, 0.5) is 9.93 Å². The second-order valence-corrected chi connectivity index (χ2v) is 7.10. The third kappa shape index (κ3) is 6.08. The topological polar surface area (TPSA) is 77.5 Å². The van der Waals surface area contributed by atoms with Crippen LogP contribution in [-0.2, 0) is 6.42 Å². The van der Waals surface area contributed by atoms with Crippen LogP contribution in [0.3, 0.4) is 0 Å². The van der Waals surface area contributed by atoms with Crippen LogP contribution < -0.4 is 10.6 Å². The molecule has 2 rings (SSSR count). The minimum Gasteiger partial charge on any atom is -0.395 e. The SMILES string of the molecule is CCCc1cnc(NC(=O)NCCCCN2CCCC2CO)s1. The van der Waals surface area contributed by atoms with Crippen LogP contribution in [0.5, 0.6) is 0 Å². The van der Waals surface area contributed by atoms with E-state index in [4.69, 9.17) is 0 Å². The van der Waals surface area contributed by atoms with Gasteiger partial charge in [0.15, 0.2) is 5.13 Å². The number of likely N-dealkylation sites (tertiary alicyclic amines) is 1. The van der Waals surface area contributed by atoms with Gasteiger partial charge < -0.3 is 10.4 Å². The number of anilines is 1. The highest BCUT2D eigenvalue weighted by Gasteiger charge is 2.22. The van der Waals surface area contributed by atoms with Gasteiger partial charge in [-0.2, -0.15) is 0 Å². The maximum absolute atomic E-state index is 11.8. The number of hydrogen-bond donors (Lipinski definition) is 3. The van der Waals surface area contributed by atoms with Gasteiger partial charge in [0.25, 0.3) is 0 Å². The Morgan fingerprint density at radius 2 is 2.39 bits per heavy atom. The summed E-state index contributed by atoms with van der Waals surface area (Å²) in [6.07, 6.45) is 8.19. The zero-order chi connectivity index (χ0) is 16.5. The number of amides is 2. The number of thiazole rings is 1. The number of aliphatic hydroxyl groups is 1. The van der Waals surface area contributed by atoms with Crippen LogP contribution in [0.2, 0.25) is 0 Å². The number of nitrogens with zero attached hydrogens (tertiary/aromatic N) is 2. The van der Waals surface area contributed by atoms with E-state index in [9.17, 15) is 9.90 Å². The normalized spacial score (nSPS) is 18.3. The Morgan fingerprint density at radius 1 is 1.52 bits per heavy atom. The molecule has 1 aromatic heterocycles. The van der Waals surface area contributed by atoms with Crippen molar-refractivity contribution in [3.63, 3.8) is 0 Å². The summed E-state index contributed by atoms with van der Waals surface area (Å²) in [6, 6.07) is 0.158. The third-order valence-electron chi connectivity index (χ3n) is 4.14. The zero-order valence-electron chi connectivity index (χ0n) is 13.9. The molecule has 0 spiro atoms. The van der Waals surface area contributed by atoms with Gasteiger partial charge in [0, 0.05) is 23.7 Å². The molecule has 0 aliphatic carbocycles. The number of aromatic nitrogens is 1. The molecule has 1 saturated heterocycles. The first kappa shape index (κ1) is 18.2. The second-order valence-electron chi connectivity index (χ2n) is 5.98. The molecule has 130 valence electrons. The van der Waals surface area contributed by atoms with Gasteiger partial charge in [-0.1, -0.05) is 13.3 Å². The zero-order valence-corrected chi connectivity index (χ0v) is 14.7. The molecule has 1 unspecified atom stereocenters. The van der Waals surface area contributed by atoms with Gasteiger partial charge in [-0.05, 0) is 45.2 Å². The Kier molecular flexibility index (Phi) is 7.78. The average Bonchev–Trinajstić information content (AvgIpc) is 3.16. The maximum atomic E-state index is 11.8. The minimum atomic E-state index is -0.184. The number of urea groups is 1. The van der Waals surface area contributed by atoms with Gasteiger partial charge >= 0.3 is 6.03 Å². The molecule has 7 heteroatoms. The fourth-order valence-electron chi connectivity index (χ4n) is 2.91. The fraction of sp³-hybridized carbons (Fsp3) is 0.750. The first-order valence-electron chi connectivity index (χ1n) is 8.57. The molecule has 1 aliphatic heterocycles. The van der Waals surface area contributed by atoms with Crippen molar-refractivity contribution in [1.82, 2.24) is 15.2 Å². The van der Waals surface area contributed by atoms with E-state index in [2.05, 4.69) is 27.4 Å². The number of aryl methyl sites for hydroxylation is 1. The third-order valence-corrected chi connectivity index (χ3v) is 5.11. The summed E-state index contributed by atoms with van der Waals surface area (Å²) in [4.78, 5) is 19.6. The molecule has 1 fully saturated rings. The lowest BCUT2D eigenvalue weighted by Gasteiger charge is -2.22. The van der Waals surface area contributed by atoms with Crippen molar-refractivity contribution < 1.29 is 9.90 Å². The molecule has 1 atom stereocenters. The summed E-state index contributed by atoms with van der Waals surface area (Å²) in [5.41, 5.74) is 0. The predicted molar refractivity (Wildman–Crippen MR) is 94.0 cm³/mol. The van der Waals surface area contributed by atoms with E-state index in [-0.39, 0.29) is 12.6 Å². The number of carbonyl (C=O) groups excluding carboxylic acids is 1. The molecule has 1 aliphatic rings. The van der Waals surface area contributed by atoms with E-state index in [1.54, 1.807) is 0 Å². The smallest absolute Gasteiger partial charge is 0.321 e. The first-order chi connectivity index (χ1) is 11.2. The van der Waals surface area contributed by atoms with Crippen molar-refractivity contribution in [2.24, 2.45) is 0 Å². The number of aliphatic hydroxyl groups excluding tert-OH is 1. The highest BCUT2D eigenvalue weighted by Crippen LogP contribution is 2.19. The summed E-state index contributed by atoms with van der Waals surface area (Å²) in [6.45, 7) is 5.14. The molecule has 6 nitrogen and oxygen atoms in total. The quantitative estimate of drug-likeness (QED) is 0.604. The van der Waals surface area contributed by atoms with E-state index >= 15 is 0 Å². The molecule has 23 heavy (non-hydrogen) atoms. The van der Waals surface area contributed by atoms with Crippen molar-refractivity contribution in [2.75, 3.05) is 31.6 Å². The highest BCUT2D eigenvalue weighted by atomic mass is 32.1. The lowest BCUT2D eigenvalue weighted by molar-refractivity contribution is 0.157. The molecule has 0 bridgehead atoms. The molecule has 0 aromatic carbocycles. The van der Waals surface area contributed by atoms with Crippen LogP contribution in [0, 0.1) is 0 Å². The van der Waals surface area contributed by atoms with Gasteiger partial charge in [0.2, 0.25) is 0 Å². The Balaban J connectivity index is 1.56. The number of nitrogens with one attached hydrogen (secondary N) is 2. The van der Waals surface area contributed by atoms with E-state index in [1.165, 1.54) is 22.6 Å². The molecular weight excluding hydrogens is 312 g/mol. The van der Waals surface area contributed by atoms with Crippen LogP contribution in [-0.4, -0.2) is 53.3 Å². The summed E-state index contributed by atoms with van der Waals surface area (Å²) in [7, 11) is 0. The standard InChI is InChI=1S/C16H28N4O2S/c1-2-6-14-11-18-16(23-14)19-15(22)17-8-3-4-9-20-10-5-7-13(20)12-21/h11,13,21H,2-10,12H2,1H3,(H2,17,18,19,22). The highest BCUT2D eigenvalue weighted by molar-refractivity contribution is 7.15. The summed E-state index contributed by atoms with van der Waals surface area (Å²) >= 11 is 1.54. The van der Waals surface area contributed by atoms with Crippen LogP contribution in [0.15, 0.2) is 6.20 Å². The lowest BCUT2D eigenvalue weighted by Crippen LogP contribution is -2.34. The summed E-state index contributed by atoms with van der Waals surface area (Å²) < 4.78 is 0. The van der Waals surface area contributed by atoms with Gasteiger partial charge in [-0.25, -0.2) is 9.78 Å². The largest absolute Gasteiger partial charge is 0.395 e. The molecule has 2 amide bonds. The molecule has 3 N–H and O–H groups in total. The van der Waals surface area contributed by atoms with Crippen LogP contribution in [0.25, 0.3) is 0 Å². The van der Waals surface area contributed by atoms with Crippen LogP contribution in [0.1, 0.15) is 43.9 Å². The first-order valence-corrected chi connectivity index (χ1v) is 9.39. The lowest BCUT2D eigenvalue weighted by atomic mass is 10.2. The Labute approximate surface area is 142 Å². The van der Waals surface area contributed by atoms with Crippen molar-refractivity contribution >= 4 is 22.5 Å². The summed E-state index contributed by atoms with van der Waals surface area (Å²) in [5, 5.41) is 15.6. The fourth-order valence-corrected chi connectivity index (χ4v) is 3.82. The van der Waals surface area contributed by atoms with E-state index in [0.717, 1.165) is 45.2 Å². The maximum Gasteiger partial charge on any atom is 0.321 e. The van der Waals surface area contributed by atoms with E-state index in [1.807, 2.05) is 6.20 Å². The average molecular weight is 340 g/mol. The molecule has 0 radical (unpaired) electrons. The number of hydrogen-bond acceptors (Lipinski definition) is 5. The molecule has 1 aromatic rings. The van der Waals surface area contributed by atoms with Crippen LogP contribution >= 0.6 is 11.3 Å². The van der Waals surface area contributed by atoms with E-state index in [0.29, 0.717) is 17.7 Å². The van der Waals surface area contributed by atoms with Gasteiger partial charge in [-0.15, -0.1) is 11.3 Å². The van der Waals surface area contributed by atoms with E-state index < -0.39 is 0 Å². The Morgan fingerprint density at radius 3 is 3.17 bits per heavy atom. The van der Waals surface area contributed by atoms with Crippen molar-refractivity contribution in [3.05, 3.63) is 11.1 Å². The summed E-state index contributed by atoms with van der Waals surface area (Å²) in [5.74, 6) is 0. The minimum absolute atomic E-state index is 0.184. The predicted octanol–water partition coefficient (Wildman–Crippen LogP) is 2.45.